The predicted molar refractivity (Wildman–Crippen MR) is 93.6 cm³/mol. The zero-order chi connectivity index (χ0) is 19.1. The van der Waals surface area contributed by atoms with Gasteiger partial charge < -0.3 is 19.7 Å². The monoisotopic (exact) mass is 361 g/mol. The molecule has 26 heavy (non-hydrogen) atoms. The van der Waals surface area contributed by atoms with Crippen molar-refractivity contribution in [3.63, 3.8) is 0 Å². The number of hydrogen-bond donors (Lipinski definition) is 2. The van der Waals surface area contributed by atoms with Gasteiger partial charge in [-0.1, -0.05) is 19.0 Å². The molecule has 140 valence electrons. The molecule has 8 nitrogen and oxygen atoms in total. The summed E-state index contributed by atoms with van der Waals surface area (Å²) in [5.41, 5.74) is 0.805. The van der Waals surface area contributed by atoms with Gasteiger partial charge in [-0.25, -0.2) is 4.79 Å². The average molecular weight is 361 g/mol. The number of amides is 1. The quantitative estimate of drug-likeness (QED) is 0.704. The molecule has 2 N–H and O–H groups in total. The summed E-state index contributed by atoms with van der Waals surface area (Å²) in [5.74, 6) is 0.125. The molecule has 1 atom stereocenters. The van der Waals surface area contributed by atoms with Gasteiger partial charge in [-0.2, -0.15) is 4.98 Å². The highest BCUT2D eigenvalue weighted by Crippen LogP contribution is 2.20. The van der Waals surface area contributed by atoms with Crippen molar-refractivity contribution in [3.8, 4) is 17.1 Å². The number of methoxy groups -OCH3 is 1. The highest BCUT2D eigenvalue weighted by Gasteiger charge is 2.23. The van der Waals surface area contributed by atoms with Crippen LogP contribution >= 0.6 is 0 Å². The molecule has 0 spiro atoms. The Labute approximate surface area is 151 Å². The summed E-state index contributed by atoms with van der Waals surface area (Å²) in [7, 11) is 1.59. The van der Waals surface area contributed by atoms with Gasteiger partial charge in [0.1, 0.15) is 11.8 Å². The van der Waals surface area contributed by atoms with Crippen LogP contribution in [0.4, 0.5) is 0 Å². The van der Waals surface area contributed by atoms with E-state index in [2.05, 4.69) is 15.5 Å². The van der Waals surface area contributed by atoms with E-state index in [9.17, 15) is 9.59 Å². The first kappa shape index (κ1) is 19.4. The van der Waals surface area contributed by atoms with E-state index < -0.39 is 12.0 Å². The summed E-state index contributed by atoms with van der Waals surface area (Å²) in [6.07, 6.45) is 1.12. The van der Waals surface area contributed by atoms with Crippen molar-refractivity contribution in [1.29, 1.82) is 0 Å². The van der Waals surface area contributed by atoms with Crippen LogP contribution in [0.25, 0.3) is 11.4 Å². The Kier molecular flexibility index (Phi) is 6.71. The smallest absolute Gasteiger partial charge is 0.326 e. The number of nitrogens with zero attached hydrogens (tertiary/aromatic N) is 2. The highest BCUT2D eigenvalue weighted by atomic mass is 16.5. The lowest BCUT2D eigenvalue weighted by molar-refractivity contribution is -0.143. The molecule has 0 saturated heterocycles. The van der Waals surface area contributed by atoms with Crippen molar-refractivity contribution in [1.82, 2.24) is 15.5 Å². The van der Waals surface area contributed by atoms with Crippen LogP contribution in [0.3, 0.4) is 0 Å². The Morgan fingerprint density at radius 2 is 1.96 bits per heavy atom. The fourth-order valence-electron chi connectivity index (χ4n) is 2.37. The summed E-state index contributed by atoms with van der Waals surface area (Å²) < 4.78 is 10.3. The molecular weight excluding hydrogens is 338 g/mol. The number of aliphatic carboxylic acids is 1. The van der Waals surface area contributed by atoms with Crippen LogP contribution in [0.15, 0.2) is 28.8 Å². The first-order valence-electron chi connectivity index (χ1n) is 8.40. The summed E-state index contributed by atoms with van der Waals surface area (Å²) in [6.45, 7) is 3.50. The van der Waals surface area contributed by atoms with Gasteiger partial charge in [0.05, 0.1) is 7.11 Å². The fraction of sp³-hybridized carbons (Fsp3) is 0.444. The van der Waals surface area contributed by atoms with Gasteiger partial charge in [0, 0.05) is 18.4 Å². The van der Waals surface area contributed by atoms with E-state index >= 15 is 0 Å². The topological polar surface area (TPSA) is 115 Å². The zero-order valence-electron chi connectivity index (χ0n) is 15.1. The van der Waals surface area contributed by atoms with Gasteiger partial charge in [-0.3, -0.25) is 4.79 Å². The molecular formula is C18H23N3O5. The Bertz CT molecular complexity index is 740. The number of carbonyl (C=O) groups excluding carboxylic acids is 1. The number of aryl methyl sites for hydroxylation is 1. The minimum absolute atomic E-state index is 0.181. The molecule has 0 saturated carbocycles. The van der Waals surface area contributed by atoms with Crippen molar-refractivity contribution in [2.45, 2.75) is 39.2 Å². The maximum atomic E-state index is 11.9. The van der Waals surface area contributed by atoms with Gasteiger partial charge in [0.15, 0.2) is 0 Å². The molecule has 8 heteroatoms. The number of nitrogens with one attached hydrogen (secondary N) is 1. The van der Waals surface area contributed by atoms with Crippen molar-refractivity contribution in [3.05, 3.63) is 30.2 Å². The van der Waals surface area contributed by atoms with E-state index in [1.807, 2.05) is 24.3 Å². The first-order valence-corrected chi connectivity index (χ1v) is 8.40. The number of carbonyl (C=O) groups is 2. The van der Waals surface area contributed by atoms with E-state index in [4.69, 9.17) is 14.4 Å². The first-order chi connectivity index (χ1) is 12.4. The number of aromatic nitrogens is 2. The van der Waals surface area contributed by atoms with E-state index in [-0.39, 0.29) is 18.2 Å². The van der Waals surface area contributed by atoms with E-state index in [1.165, 1.54) is 0 Å². The van der Waals surface area contributed by atoms with Gasteiger partial charge in [0.2, 0.25) is 17.6 Å². The maximum Gasteiger partial charge on any atom is 0.326 e. The van der Waals surface area contributed by atoms with Gasteiger partial charge in [0.25, 0.3) is 0 Å². The largest absolute Gasteiger partial charge is 0.497 e. The van der Waals surface area contributed by atoms with Crippen molar-refractivity contribution >= 4 is 11.9 Å². The molecule has 0 aliphatic rings. The molecule has 2 aromatic rings. The van der Waals surface area contributed by atoms with Crippen molar-refractivity contribution < 1.29 is 24.0 Å². The molecule has 0 radical (unpaired) electrons. The van der Waals surface area contributed by atoms with Crippen LogP contribution in [-0.2, 0) is 16.0 Å². The van der Waals surface area contributed by atoms with Crippen molar-refractivity contribution in [2.75, 3.05) is 7.11 Å². The SMILES string of the molecule is COc1ccc(-c2noc(CCCC(=O)N[C@H](C(=O)O)C(C)C)n2)cc1. The molecule has 2 rings (SSSR count). The summed E-state index contributed by atoms with van der Waals surface area (Å²) in [6, 6.07) is 6.40. The summed E-state index contributed by atoms with van der Waals surface area (Å²) in [5, 5.41) is 15.5. The second kappa shape index (κ2) is 8.98. The number of rotatable bonds is 9. The molecule has 1 amide bonds. The minimum Gasteiger partial charge on any atom is -0.497 e. The molecule has 0 bridgehead atoms. The number of carboxylic acid groups (broad SMARTS) is 1. The third-order valence-corrected chi connectivity index (χ3v) is 3.86. The lowest BCUT2D eigenvalue weighted by atomic mass is 10.0. The van der Waals surface area contributed by atoms with Crippen LogP contribution in [-0.4, -0.2) is 40.3 Å². The summed E-state index contributed by atoms with van der Waals surface area (Å²) >= 11 is 0. The standard InChI is InChI=1S/C18H23N3O5/c1-11(2)16(18(23)24)19-14(22)5-4-6-15-20-17(21-26-15)12-7-9-13(25-3)10-8-12/h7-11,16H,4-6H2,1-3H3,(H,19,22)(H,23,24)/t16-/m0/s1. The molecule has 0 aliphatic heterocycles. The van der Waals surface area contributed by atoms with Crippen LogP contribution < -0.4 is 10.1 Å². The third kappa shape index (κ3) is 5.30. The van der Waals surface area contributed by atoms with Crippen LogP contribution in [0.5, 0.6) is 5.75 Å². The number of carboxylic acids is 1. The Hall–Kier alpha value is -2.90. The third-order valence-electron chi connectivity index (χ3n) is 3.86. The Morgan fingerprint density at radius 3 is 2.54 bits per heavy atom. The van der Waals surface area contributed by atoms with E-state index in [0.717, 1.165) is 11.3 Å². The van der Waals surface area contributed by atoms with E-state index in [0.29, 0.717) is 24.6 Å². The molecule has 0 fully saturated rings. The fourth-order valence-corrected chi connectivity index (χ4v) is 2.37. The zero-order valence-corrected chi connectivity index (χ0v) is 15.1. The minimum atomic E-state index is -1.03. The lowest BCUT2D eigenvalue weighted by Crippen LogP contribution is -2.44. The van der Waals surface area contributed by atoms with E-state index in [1.54, 1.807) is 21.0 Å². The molecule has 0 aliphatic carbocycles. The Balaban J connectivity index is 1.84. The van der Waals surface area contributed by atoms with Crippen LogP contribution in [0, 0.1) is 5.92 Å². The molecule has 1 aromatic carbocycles. The Morgan fingerprint density at radius 1 is 1.27 bits per heavy atom. The number of hydrogen-bond acceptors (Lipinski definition) is 6. The van der Waals surface area contributed by atoms with Crippen LogP contribution in [0.2, 0.25) is 0 Å². The maximum absolute atomic E-state index is 11.9. The number of benzene rings is 1. The van der Waals surface area contributed by atoms with Crippen LogP contribution in [0.1, 0.15) is 32.6 Å². The van der Waals surface area contributed by atoms with Crippen molar-refractivity contribution in [2.24, 2.45) is 5.92 Å². The number of ether oxygens (including phenoxy) is 1. The van der Waals surface area contributed by atoms with Gasteiger partial charge >= 0.3 is 5.97 Å². The normalized spacial score (nSPS) is 12.0. The highest BCUT2D eigenvalue weighted by molar-refractivity contribution is 5.83. The van der Waals surface area contributed by atoms with Gasteiger partial charge in [-0.15, -0.1) is 0 Å². The predicted octanol–water partition coefficient (Wildman–Crippen LogP) is 2.29. The molecule has 0 unspecified atom stereocenters. The average Bonchev–Trinajstić information content (AvgIpc) is 3.08. The second-order valence-corrected chi connectivity index (χ2v) is 6.22. The lowest BCUT2D eigenvalue weighted by Gasteiger charge is -2.17. The molecule has 1 aromatic heterocycles. The summed E-state index contributed by atoms with van der Waals surface area (Å²) in [4.78, 5) is 27.3. The van der Waals surface area contributed by atoms with Gasteiger partial charge in [-0.05, 0) is 36.6 Å². The molecule has 1 heterocycles. The second-order valence-electron chi connectivity index (χ2n) is 6.22.